The lowest BCUT2D eigenvalue weighted by Gasteiger charge is -2.20. The fraction of sp³-hybridized carbons (Fsp3) is 0.154. The molecule has 0 fully saturated rings. The van der Waals surface area contributed by atoms with E-state index < -0.39 is 0 Å². The van der Waals surface area contributed by atoms with Crippen molar-refractivity contribution in [3.63, 3.8) is 0 Å². The maximum Gasteiger partial charge on any atom is 0.125 e. The average molecular weight is 248 g/mol. The van der Waals surface area contributed by atoms with E-state index >= 15 is 0 Å². The van der Waals surface area contributed by atoms with Gasteiger partial charge in [0.15, 0.2) is 0 Å². The number of benzene rings is 1. The number of halogens is 1. The van der Waals surface area contributed by atoms with Crippen molar-refractivity contribution < 1.29 is 0 Å². The summed E-state index contributed by atoms with van der Waals surface area (Å²) in [6.07, 6.45) is 1.70. The molecule has 0 aliphatic heterocycles. The Bertz CT molecular complexity index is 514. The summed E-state index contributed by atoms with van der Waals surface area (Å²) in [5, 5.41) is 0.779. The Hall–Kier alpha value is -1.74. The summed E-state index contributed by atoms with van der Waals surface area (Å²) in [4.78, 5) is 6.05. The minimum absolute atomic E-state index is 0.522. The van der Waals surface area contributed by atoms with Gasteiger partial charge in [-0.2, -0.15) is 0 Å². The molecule has 2 aromatic rings. The molecule has 88 valence electrons. The number of aromatic nitrogens is 1. The van der Waals surface area contributed by atoms with Gasteiger partial charge in [0, 0.05) is 36.6 Å². The number of nitrogens with two attached hydrogens (primary N) is 1. The lowest BCUT2D eigenvalue weighted by atomic mass is 10.2. The van der Waals surface area contributed by atoms with E-state index in [0.717, 1.165) is 22.8 Å². The van der Waals surface area contributed by atoms with Crippen molar-refractivity contribution >= 4 is 23.1 Å². The van der Waals surface area contributed by atoms with Crippen LogP contribution in [0.5, 0.6) is 0 Å². The van der Waals surface area contributed by atoms with Crippen LogP contribution in [0.2, 0.25) is 5.02 Å². The topological polar surface area (TPSA) is 42.2 Å². The standard InChI is InChI=1S/C13H14ClN3/c1-17(11-6-7-16-13(15)8-11)9-10-4-2-3-5-12(10)14/h2-8H,9H2,1H3,(H2,15,16). The summed E-state index contributed by atoms with van der Waals surface area (Å²) < 4.78 is 0. The first kappa shape index (κ1) is 11.7. The van der Waals surface area contributed by atoms with E-state index in [2.05, 4.69) is 9.88 Å². The van der Waals surface area contributed by atoms with Crippen LogP contribution in [-0.2, 0) is 6.54 Å². The van der Waals surface area contributed by atoms with Crippen LogP contribution in [0.1, 0.15) is 5.56 Å². The van der Waals surface area contributed by atoms with Gasteiger partial charge >= 0.3 is 0 Å². The predicted molar refractivity (Wildman–Crippen MR) is 72.2 cm³/mol. The van der Waals surface area contributed by atoms with Gasteiger partial charge in [-0.3, -0.25) is 0 Å². The minimum atomic E-state index is 0.522. The van der Waals surface area contributed by atoms with Crippen molar-refractivity contribution in [2.24, 2.45) is 0 Å². The lowest BCUT2D eigenvalue weighted by molar-refractivity contribution is 0.921. The summed E-state index contributed by atoms with van der Waals surface area (Å²) >= 11 is 6.12. The highest BCUT2D eigenvalue weighted by Crippen LogP contribution is 2.20. The Morgan fingerprint density at radius 2 is 2.06 bits per heavy atom. The number of hydrogen-bond acceptors (Lipinski definition) is 3. The molecule has 0 aliphatic carbocycles. The monoisotopic (exact) mass is 247 g/mol. The second-order valence-electron chi connectivity index (χ2n) is 3.89. The summed E-state index contributed by atoms with van der Waals surface area (Å²) in [7, 11) is 2.00. The smallest absolute Gasteiger partial charge is 0.125 e. The second-order valence-corrected chi connectivity index (χ2v) is 4.29. The first-order valence-electron chi connectivity index (χ1n) is 5.33. The molecule has 2 rings (SSSR count). The lowest BCUT2D eigenvalue weighted by Crippen LogP contribution is -2.16. The molecular weight excluding hydrogens is 234 g/mol. The Balaban J connectivity index is 2.17. The number of hydrogen-bond donors (Lipinski definition) is 1. The van der Waals surface area contributed by atoms with Gasteiger partial charge in [-0.1, -0.05) is 29.8 Å². The van der Waals surface area contributed by atoms with E-state index in [4.69, 9.17) is 17.3 Å². The Labute approximate surface area is 106 Å². The SMILES string of the molecule is CN(Cc1ccccc1Cl)c1ccnc(N)c1. The van der Waals surface area contributed by atoms with Gasteiger partial charge in [-0.15, -0.1) is 0 Å². The third kappa shape index (κ3) is 2.88. The molecule has 4 heteroatoms. The van der Waals surface area contributed by atoms with E-state index in [9.17, 15) is 0 Å². The summed E-state index contributed by atoms with van der Waals surface area (Å²) in [6.45, 7) is 0.739. The molecule has 0 saturated heterocycles. The Morgan fingerprint density at radius 1 is 1.29 bits per heavy atom. The van der Waals surface area contributed by atoms with E-state index in [1.807, 2.05) is 43.4 Å². The van der Waals surface area contributed by atoms with Crippen LogP contribution in [0.4, 0.5) is 11.5 Å². The van der Waals surface area contributed by atoms with Gasteiger partial charge in [-0.05, 0) is 17.7 Å². The highest BCUT2D eigenvalue weighted by molar-refractivity contribution is 6.31. The molecule has 1 aromatic heterocycles. The van der Waals surface area contributed by atoms with Crippen molar-refractivity contribution in [1.82, 2.24) is 4.98 Å². The van der Waals surface area contributed by atoms with Crippen LogP contribution in [0.15, 0.2) is 42.6 Å². The van der Waals surface area contributed by atoms with Crippen LogP contribution in [0.3, 0.4) is 0 Å². The predicted octanol–water partition coefficient (Wildman–Crippen LogP) is 2.95. The van der Waals surface area contributed by atoms with Crippen molar-refractivity contribution in [2.45, 2.75) is 6.54 Å². The van der Waals surface area contributed by atoms with Gasteiger partial charge in [-0.25, -0.2) is 4.98 Å². The Kier molecular flexibility index (Phi) is 3.49. The van der Waals surface area contributed by atoms with E-state index in [1.165, 1.54) is 0 Å². The normalized spacial score (nSPS) is 10.2. The fourth-order valence-electron chi connectivity index (χ4n) is 1.65. The molecule has 2 N–H and O–H groups in total. The van der Waals surface area contributed by atoms with E-state index in [1.54, 1.807) is 6.20 Å². The largest absolute Gasteiger partial charge is 0.384 e. The maximum atomic E-state index is 6.12. The number of pyridine rings is 1. The zero-order valence-corrected chi connectivity index (χ0v) is 10.4. The first-order valence-corrected chi connectivity index (χ1v) is 5.70. The molecule has 1 aromatic carbocycles. The molecule has 0 radical (unpaired) electrons. The molecule has 0 spiro atoms. The summed E-state index contributed by atoms with van der Waals surface area (Å²) in [5.41, 5.74) is 7.77. The van der Waals surface area contributed by atoms with Crippen LogP contribution >= 0.6 is 11.6 Å². The average Bonchev–Trinajstić information content (AvgIpc) is 2.32. The first-order chi connectivity index (χ1) is 8.16. The zero-order valence-electron chi connectivity index (χ0n) is 9.60. The van der Waals surface area contributed by atoms with Gasteiger partial charge in [0.2, 0.25) is 0 Å². The van der Waals surface area contributed by atoms with E-state index in [-0.39, 0.29) is 0 Å². The molecule has 0 amide bonds. The maximum absolute atomic E-state index is 6.12. The van der Waals surface area contributed by atoms with Crippen molar-refractivity contribution in [2.75, 3.05) is 17.7 Å². The summed E-state index contributed by atoms with van der Waals surface area (Å²) in [5.74, 6) is 0.522. The van der Waals surface area contributed by atoms with Gasteiger partial charge in [0.25, 0.3) is 0 Å². The number of nitrogens with zero attached hydrogens (tertiary/aromatic N) is 2. The van der Waals surface area contributed by atoms with Gasteiger partial charge in [0.05, 0.1) is 0 Å². The zero-order chi connectivity index (χ0) is 12.3. The quantitative estimate of drug-likeness (QED) is 0.907. The molecule has 0 saturated carbocycles. The molecule has 0 aliphatic rings. The second kappa shape index (κ2) is 5.06. The number of anilines is 2. The molecule has 1 heterocycles. The Morgan fingerprint density at radius 3 is 2.76 bits per heavy atom. The third-order valence-corrected chi connectivity index (χ3v) is 2.94. The number of nitrogen functional groups attached to an aromatic ring is 1. The third-order valence-electron chi connectivity index (χ3n) is 2.57. The molecule has 3 nitrogen and oxygen atoms in total. The van der Waals surface area contributed by atoms with Crippen molar-refractivity contribution in [3.8, 4) is 0 Å². The van der Waals surface area contributed by atoms with Crippen LogP contribution in [-0.4, -0.2) is 12.0 Å². The van der Waals surface area contributed by atoms with E-state index in [0.29, 0.717) is 5.82 Å². The highest BCUT2D eigenvalue weighted by Gasteiger charge is 2.05. The van der Waals surface area contributed by atoms with Crippen molar-refractivity contribution in [1.29, 1.82) is 0 Å². The van der Waals surface area contributed by atoms with Gasteiger partial charge in [0.1, 0.15) is 5.82 Å². The molecule has 17 heavy (non-hydrogen) atoms. The van der Waals surface area contributed by atoms with Crippen LogP contribution in [0.25, 0.3) is 0 Å². The highest BCUT2D eigenvalue weighted by atomic mass is 35.5. The van der Waals surface area contributed by atoms with Crippen LogP contribution in [0, 0.1) is 0 Å². The van der Waals surface area contributed by atoms with Crippen LogP contribution < -0.4 is 10.6 Å². The van der Waals surface area contributed by atoms with Gasteiger partial charge < -0.3 is 10.6 Å². The molecule has 0 unspecified atom stereocenters. The molecule has 0 bridgehead atoms. The van der Waals surface area contributed by atoms with Crippen molar-refractivity contribution in [3.05, 3.63) is 53.2 Å². The minimum Gasteiger partial charge on any atom is -0.384 e. The molecule has 0 atom stereocenters. The molecular formula is C13H14ClN3. The summed E-state index contributed by atoms with van der Waals surface area (Å²) in [6, 6.07) is 11.6. The fourth-order valence-corrected chi connectivity index (χ4v) is 1.84. The number of rotatable bonds is 3.